The average Bonchev–Trinajstić information content (AvgIpc) is 2.54. The van der Waals surface area contributed by atoms with Crippen LogP contribution < -0.4 is 11.1 Å². The minimum absolute atomic E-state index is 0. The van der Waals surface area contributed by atoms with Crippen LogP contribution in [0.4, 0.5) is 5.69 Å². The summed E-state index contributed by atoms with van der Waals surface area (Å²) in [5.74, 6) is 0.350. The van der Waals surface area contributed by atoms with Crippen molar-refractivity contribution in [2.24, 2.45) is 5.92 Å². The second-order valence-corrected chi connectivity index (χ2v) is 6.14. The van der Waals surface area contributed by atoms with Crippen LogP contribution in [-0.2, 0) is 0 Å². The predicted molar refractivity (Wildman–Crippen MR) is 113 cm³/mol. The first-order valence-electron chi connectivity index (χ1n) is 8.17. The van der Waals surface area contributed by atoms with E-state index in [2.05, 4.69) is 29.0 Å². The van der Waals surface area contributed by atoms with Gasteiger partial charge in [-0.15, -0.1) is 37.2 Å². The van der Waals surface area contributed by atoms with Crippen LogP contribution in [0.1, 0.15) is 24.2 Å². The van der Waals surface area contributed by atoms with E-state index in [-0.39, 0.29) is 43.1 Å². The van der Waals surface area contributed by atoms with E-state index >= 15 is 0 Å². The van der Waals surface area contributed by atoms with E-state index in [0.717, 1.165) is 39.3 Å². The summed E-state index contributed by atoms with van der Waals surface area (Å²) in [5, 5.41) is 2.99. The molecule has 0 bridgehead atoms. The number of anilines is 1. The number of nitrogen functional groups attached to an aromatic ring is 1. The first-order valence-corrected chi connectivity index (χ1v) is 8.17. The molecule has 8 heteroatoms. The summed E-state index contributed by atoms with van der Waals surface area (Å²) in [6.45, 7) is 11.8. The van der Waals surface area contributed by atoms with Crippen molar-refractivity contribution in [3.05, 3.63) is 29.8 Å². The number of nitrogens with one attached hydrogen (secondary N) is 1. The summed E-state index contributed by atoms with van der Waals surface area (Å²) < 4.78 is 0. The number of hydrogen-bond acceptors (Lipinski definition) is 4. The summed E-state index contributed by atoms with van der Waals surface area (Å²) in [5.41, 5.74) is 6.92. The van der Waals surface area contributed by atoms with E-state index in [0.29, 0.717) is 23.7 Å². The summed E-state index contributed by atoms with van der Waals surface area (Å²) in [4.78, 5) is 17.1. The van der Waals surface area contributed by atoms with E-state index in [4.69, 9.17) is 5.73 Å². The lowest BCUT2D eigenvalue weighted by molar-refractivity contribution is 0.0934. The Bertz CT molecular complexity index is 497. The Morgan fingerprint density at radius 2 is 1.68 bits per heavy atom. The van der Waals surface area contributed by atoms with Crippen molar-refractivity contribution in [1.82, 2.24) is 15.1 Å². The van der Waals surface area contributed by atoms with Crippen LogP contribution in [0, 0.1) is 5.92 Å². The van der Waals surface area contributed by atoms with Gasteiger partial charge in [-0.05, 0) is 24.6 Å². The number of nitrogens with zero attached hydrogens (tertiary/aromatic N) is 2. The molecule has 1 aromatic rings. The smallest absolute Gasteiger partial charge is 0.253 e. The molecule has 3 N–H and O–H groups in total. The molecule has 25 heavy (non-hydrogen) atoms. The second-order valence-electron chi connectivity index (χ2n) is 6.14. The summed E-state index contributed by atoms with van der Waals surface area (Å²) >= 11 is 0. The zero-order valence-electron chi connectivity index (χ0n) is 14.9. The molecule has 0 spiro atoms. The fourth-order valence-corrected chi connectivity index (χ4v) is 2.86. The number of piperazine rings is 1. The third-order valence-corrected chi connectivity index (χ3v) is 4.30. The van der Waals surface area contributed by atoms with Crippen LogP contribution in [0.3, 0.4) is 0 Å². The van der Waals surface area contributed by atoms with E-state index < -0.39 is 0 Å². The van der Waals surface area contributed by atoms with Gasteiger partial charge in [-0.25, -0.2) is 0 Å². The highest BCUT2D eigenvalue weighted by Crippen LogP contribution is 2.10. The average molecular weight is 414 g/mol. The van der Waals surface area contributed by atoms with Crippen molar-refractivity contribution in [1.29, 1.82) is 0 Å². The van der Waals surface area contributed by atoms with Gasteiger partial charge in [0.15, 0.2) is 0 Å². The number of para-hydroxylation sites is 1. The zero-order valence-corrected chi connectivity index (χ0v) is 17.4. The summed E-state index contributed by atoms with van der Waals surface area (Å²) in [6, 6.07) is 7.19. The topological polar surface area (TPSA) is 61.6 Å². The molecule has 0 saturated carbocycles. The van der Waals surface area contributed by atoms with Gasteiger partial charge in [0.2, 0.25) is 0 Å². The van der Waals surface area contributed by atoms with E-state index in [1.165, 1.54) is 0 Å². The van der Waals surface area contributed by atoms with E-state index in [1.54, 1.807) is 12.1 Å². The van der Waals surface area contributed by atoms with Gasteiger partial charge in [-0.3, -0.25) is 4.79 Å². The lowest BCUT2D eigenvalue weighted by atomic mass is 10.1. The van der Waals surface area contributed by atoms with Crippen LogP contribution in [0.25, 0.3) is 0 Å². The number of hydrogen-bond donors (Lipinski definition) is 2. The lowest BCUT2D eigenvalue weighted by Crippen LogP contribution is -2.48. The molecular weight excluding hydrogens is 383 g/mol. The fraction of sp³-hybridized carbons (Fsp3) is 0.588. The maximum absolute atomic E-state index is 12.1. The highest BCUT2D eigenvalue weighted by molar-refractivity contribution is 5.99. The van der Waals surface area contributed by atoms with Crippen LogP contribution >= 0.6 is 37.2 Å². The van der Waals surface area contributed by atoms with Gasteiger partial charge in [0.05, 0.1) is 5.56 Å². The third kappa shape index (κ3) is 8.47. The SMILES string of the molecule is CCN1CCN(CC(C)CNC(=O)c2ccccc2N)CC1.Cl.Cl.Cl. The first-order chi connectivity index (χ1) is 10.6. The van der Waals surface area contributed by atoms with Crippen molar-refractivity contribution < 1.29 is 4.79 Å². The van der Waals surface area contributed by atoms with Crippen molar-refractivity contribution in [2.75, 3.05) is 51.5 Å². The highest BCUT2D eigenvalue weighted by Gasteiger charge is 2.18. The molecule has 1 amide bonds. The molecule has 1 aliphatic heterocycles. The Morgan fingerprint density at radius 1 is 1.12 bits per heavy atom. The molecule has 1 unspecified atom stereocenters. The molecule has 1 atom stereocenters. The molecule has 146 valence electrons. The molecule has 1 aliphatic rings. The normalized spacial score (nSPS) is 15.9. The van der Waals surface area contributed by atoms with Gasteiger partial charge in [-0.1, -0.05) is 26.0 Å². The van der Waals surface area contributed by atoms with Gasteiger partial charge in [0, 0.05) is 45.0 Å². The van der Waals surface area contributed by atoms with Gasteiger partial charge in [-0.2, -0.15) is 0 Å². The van der Waals surface area contributed by atoms with Crippen molar-refractivity contribution in [2.45, 2.75) is 13.8 Å². The third-order valence-electron chi connectivity index (χ3n) is 4.30. The summed E-state index contributed by atoms with van der Waals surface area (Å²) in [7, 11) is 0. The predicted octanol–water partition coefficient (Wildman–Crippen LogP) is 2.54. The second kappa shape index (κ2) is 13.5. The number of carbonyl (C=O) groups excluding carboxylic acids is 1. The number of nitrogens with two attached hydrogens (primary N) is 1. The molecule has 0 aromatic heterocycles. The Morgan fingerprint density at radius 3 is 2.24 bits per heavy atom. The molecule has 1 fully saturated rings. The number of rotatable bonds is 6. The Hall–Kier alpha value is -0.720. The van der Waals surface area contributed by atoms with Crippen molar-refractivity contribution in [3.8, 4) is 0 Å². The van der Waals surface area contributed by atoms with Crippen LogP contribution in [0.2, 0.25) is 0 Å². The molecule has 1 saturated heterocycles. The monoisotopic (exact) mass is 412 g/mol. The van der Waals surface area contributed by atoms with Gasteiger partial charge < -0.3 is 20.9 Å². The fourth-order valence-electron chi connectivity index (χ4n) is 2.86. The number of amides is 1. The van der Waals surface area contributed by atoms with Crippen LogP contribution in [0.5, 0.6) is 0 Å². The molecule has 1 heterocycles. The minimum Gasteiger partial charge on any atom is -0.398 e. The Balaban J connectivity index is 0. The molecular formula is C17H31Cl3N4O. The highest BCUT2D eigenvalue weighted by atomic mass is 35.5. The number of carbonyl (C=O) groups is 1. The lowest BCUT2D eigenvalue weighted by Gasteiger charge is -2.35. The molecule has 0 radical (unpaired) electrons. The minimum atomic E-state index is -0.0826. The number of halogens is 3. The van der Waals surface area contributed by atoms with Crippen LogP contribution in [-0.4, -0.2) is 61.5 Å². The van der Waals surface area contributed by atoms with Crippen molar-refractivity contribution in [3.63, 3.8) is 0 Å². The quantitative estimate of drug-likeness (QED) is 0.704. The van der Waals surface area contributed by atoms with Gasteiger partial charge in [0.25, 0.3) is 5.91 Å². The first kappa shape index (κ1) is 26.5. The molecule has 2 rings (SSSR count). The van der Waals surface area contributed by atoms with Crippen molar-refractivity contribution >= 4 is 48.8 Å². The van der Waals surface area contributed by atoms with Crippen LogP contribution in [0.15, 0.2) is 24.3 Å². The standard InChI is InChI=1S/C17H28N4O.3ClH/c1-3-20-8-10-21(11-9-20)13-14(2)12-19-17(22)15-6-4-5-7-16(15)18;;;/h4-7,14H,3,8-13,18H2,1-2H3,(H,19,22);3*1H. The largest absolute Gasteiger partial charge is 0.398 e. The number of likely N-dealkylation sites (N-methyl/N-ethyl adjacent to an activating group) is 1. The van der Waals surface area contributed by atoms with Gasteiger partial charge >= 0.3 is 0 Å². The number of benzene rings is 1. The Labute approximate surface area is 169 Å². The molecule has 5 nitrogen and oxygen atoms in total. The van der Waals surface area contributed by atoms with Gasteiger partial charge in [0.1, 0.15) is 0 Å². The maximum Gasteiger partial charge on any atom is 0.253 e. The van der Waals surface area contributed by atoms with E-state index in [9.17, 15) is 4.79 Å². The zero-order chi connectivity index (χ0) is 15.9. The molecule has 0 aliphatic carbocycles. The van der Waals surface area contributed by atoms with E-state index in [1.807, 2.05) is 12.1 Å². The molecule has 1 aromatic carbocycles. The summed E-state index contributed by atoms with van der Waals surface area (Å²) in [6.07, 6.45) is 0. The Kier molecular flexibility index (Phi) is 14.3. The maximum atomic E-state index is 12.1.